The van der Waals surface area contributed by atoms with Crippen molar-refractivity contribution in [1.29, 1.82) is 0 Å². The first-order valence-corrected chi connectivity index (χ1v) is 10.0. The van der Waals surface area contributed by atoms with Gasteiger partial charge in [-0.1, -0.05) is 13.3 Å². The van der Waals surface area contributed by atoms with E-state index < -0.39 is 32.4 Å². The van der Waals surface area contributed by atoms with Crippen LogP contribution in [-0.2, 0) is 14.6 Å². The molecule has 6 nitrogen and oxygen atoms in total. The Kier molecular flexibility index (Phi) is 7.22. The predicted octanol–water partition coefficient (Wildman–Crippen LogP) is 3.89. The van der Waals surface area contributed by atoms with Crippen LogP contribution in [0.4, 0.5) is 14.5 Å². The van der Waals surface area contributed by atoms with Crippen molar-refractivity contribution in [3.8, 4) is 0 Å². The standard InChI is InChI=1S/C19H19F2NO5S/c1-2-3-12-27-18(24)14-4-8-15(9-5-14)22-17(23)13-6-10-16(11-7-13)28(25,26)19(20)21/h4-11,19H,2-3,12H2,1H3,(H,22,23). The van der Waals surface area contributed by atoms with Crippen molar-refractivity contribution in [3.63, 3.8) is 0 Å². The molecule has 2 aromatic carbocycles. The molecule has 150 valence electrons. The Morgan fingerprint density at radius 3 is 2.11 bits per heavy atom. The first kappa shape index (κ1) is 21.5. The quantitative estimate of drug-likeness (QED) is 0.526. The smallest absolute Gasteiger partial charge is 0.341 e. The second-order valence-corrected chi connectivity index (χ2v) is 7.77. The van der Waals surface area contributed by atoms with Gasteiger partial charge >= 0.3 is 11.7 Å². The summed E-state index contributed by atoms with van der Waals surface area (Å²) >= 11 is 0. The van der Waals surface area contributed by atoms with Gasteiger partial charge in [0.2, 0.25) is 9.84 Å². The second-order valence-electron chi connectivity index (χ2n) is 5.85. The number of halogens is 2. The molecule has 0 fully saturated rings. The van der Waals surface area contributed by atoms with E-state index in [1.54, 1.807) is 0 Å². The number of rotatable bonds is 8. The molecule has 0 aliphatic carbocycles. The number of sulfone groups is 1. The molecule has 2 rings (SSSR count). The van der Waals surface area contributed by atoms with Crippen molar-refractivity contribution in [3.05, 3.63) is 59.7 Å². The zero-order chi connectivity index (χ0) is 20.7. The molecule has 0 saturated carbocycles. The highest BCUT2D eigenvalue weighted by molar-refractivity contribution is 7.91. The van der Waals surface area contributed by atoms with E-state index in [1.807, 2.05) is 6.92 Å². The fourth-order valence-corrected chi connectivity index (χ4v) is 2.91. The summed E-state index contributed by atoms with van der Waals surface area (Å²) in [6.45, 7) is 2.32. The number of hydrogen-bond acceptors (Lipinski definition) is 5. The first-order valence-electron chi connectivity index (χ1n) is 8.46. The fraction of sp³-hybridized carbons (Fsp3) is 0.263. The van der Waals surface area contributed by atoms with Gasteiger partial charge in [0.05, 0.1) is 17.1 Å². The van der Waals surface area contributed by atoms with Gasteiger partial charge < -0.3 is 10.1 Å². The second kappa shape index (κ2) is 9.41. The third kappa shape index (κ3) is 5.35. The van der Waals surface area contributed by atoms with Crippen LogP contribution in [0.1, 0.15) is 40.5 Å². The number of alkyl halides is 2. The number of benzene rings is 2. The molecule has 28 heavy (non-hydrogen) atoms. The Morgan fingerprint density at radius 1 is 1.00 bits per heavy atom. The van der Waals surface area contributed by atoms with Gasteiger partial charge in [-0.05, 0) is 55.0 Å². The van der Waals surface area contributed by atoms with Crippen LogP contribution in [-0.4, -0.2) is 32.7 Å². The predicted molar refractivity (Wildman–Crippen MR) is 99.2 cm³/mol. The minimum atomic E-state index is -4.71. The Morgan fingerprint density at radius 2 is 1.57 bits per heavy atom. The van der Waals surface area contributed by atoms with Crippen LogP contribution in [0.15, 0.2) is 53.4 Å². The molecule has 0 aliphatic rings. The van der Waals surface area contributed by atoms with E-state index in [0.717, 1.165) is 37.1 Å². The number of carbonyl (C=O) groups excluding carboxylic acids is 2. The van der Waals surface area contributed by atoms with E-state index in [9.17, 15) is 26.8 Å². The molecule has 0 aliphatic heterocycles. The van der Waals surface area contributed by atoms with Crippen LogP contribution >= 0.6 is 0 Å². The van der Waals surface area contributed by atoms with Crippen LogP contribution in [0.2, 0.25) is 0 Å². The van der Waals surface area contributed by atoms with E-state index in [1.165, 1.54) is 24.3 Å². The molecule has 0 unspecified atom stereocenters. The van der Waals surface area contributed by atoms with Gasteiger partial charge in [0, 0.05) is 11.3 Å². The van der Waals surface area contributed by atoms with Gasteiger partial charge in [-0.3, -0.25) is 4.79 Å². The minimum Gasteiger partial charge on any atom is -0.462 e. The van der Waals surface area contributed by atoms with Gasteiger partial charge in [0.25, 0.3) is 5.91 Å². The van der Waals surface area contributed by atoms with E-state index in [2.05, 4.69) is 5.32 Å². The molecule has 0 saturated heterocycles. The topological polar surface area (TPSA) is 89.5 Å². The zero-order valence-corrected chi connectivity index (χ0v) is 15.8. The summed E-state index contributed by atoms with van der Waals surface area (Å²) in [7, 11) is -4.71. The molecule has 2 aromatic rings. The number of nitrogens with one attached hydrogen (secondary N) is 1. The number of esters is 1. The minimum absolute atomic E-state index is 0.0938. The normalized spacial score (nSPS) is 11.3. The number of carbonyl (C=O) groups is 2. The lowest BCUT2D eigenvalue weighted by Crippen LogP contribution is -2.14. The fourth-order valence-electron chi connectivity index (χ4n) is 2.18. The molecule has 0 spiro atoms. The third-order valence-corrected chi connectivity index (χ3v) is 5.19. The molecule has 1 amide bonds. The Hall–Kier alpha value is -2.81. The van der Waals surface area contributed by atoms with Crippen molar-refractivity contribution in [2.24, 2.45) is 0 Å². The molecule has 0 aromatic heterocycles. The van der Waals surface area contributed by atoms with Gasteiger partial charge in [0.15, 0.2) is 0 Å². The molecule has 0 heterocycles. The average molecular weight is 411 g/mol. The van der Waals surface area contributed by atoms with Gasteiger partial charge in [-0.25, -0.2) is 13.2 Å². The number of unbranched alkanes of at least 4 members (excludes halogenated alkanes) is 1. The lowest BCUT2D eigenvalue weighted by Gasteiger charge is -2.08. The van der Waals surface area contributed by atoms with Crippen molar-refractivity contribution in [2.75, 3.05) is 11.9 Å². The molecule has 0 bridgehead atoms. The SMILES string of the molecule is CCCCOC(=O)c1ccc(NC(=O)c2ccc(S(=O)(=O)C(F)F)cc2)cc1. The van der Waals surface area contributed by atoms with Crippen molar-refractivity contribution >= 4 is 27.4 Å². The largest absolute Gasteiger partial charge is 0.462 e. The van der Waals surface area contributed by atoms with Crippen LogP contribution in [0.5, 0.6) is 0 Å². The van der Waals surface area contributed by atoms with E-state index in [4.69, 9.17) is 4.74 Å². The van der Waals surface area contributed by atoms with Crippen LogP contribution in [0.3, 0.4) is 0 Å². The monoisotopic (exact) mass is 411 g/mol. The van der Waals surface area contributed by atoms with Crippen molar-refractivity contribution < 1.29 is 31.5 Å². The first-order chi connectivity index (χ1) is 13.3. The molecular formula is C19H19F2NO5S. The Balaban J connectivity index is 2.02. The number of hydrogen-bond donors (Lipinski definition) is 1. The summed E-state index contributed by atoms with van der Waals surface area (Å²) in [5, 5.41) is 2.57. The third-order valence-electron chi connectivity index (χ3n) is 3.79. The number of anilines is 1. The molecule has 0 atom stereocenters. The number of ether oxygens (including phenoxy) is 1. The maximum absolute atomic E-state index is 12.5. The molecular weight excluding hydrogens is 392 g/mol. The summed E-state index contributed by atoms with van der Waals surface area (Å²) in [6.07, 6.45) is 1.69. The van der Waals surface area contributed by atoms with Crippen molar-refractivity contribution in [1.82, 2.24) is 0 Å². The van der Waals surface area contributed by atoms with Gasteiger partial charge in [0.1, 0.15) is 0 Å². The van der Waals surface area contributed by atoms with Crippen molar-refractivity contribution in [2.45, 2.75) is 30.4 Å². The zero-order valence-electron chi connectivity index (χ0n) is 15.0. The van der Waals surface area contributed by atoms with E-state index in [0.29, 0.717) is 17.9 Å². The van der Waals surface area contributed by atoms with Gasteiger partial charge in [-0.2, -0.15) is 8.78 Å². The summed E-state index contributed by atoms with van der Waals surface area (Å²) in [5.41, 5.74) is 0.839. The van der Waals surface area contributed by atoms with E-state index in [-0.39, 0.29) is 5.56 Å². The summed E-state index contributed by atoms with van der Waals surface area (Å²) in [6, 6.07) is 10.2. The lowest BCUT2D eigenvalue weighted by molar-refractivity contribution is 0.0499. The lowest BCUT2D eigenvalue weighted by atomic mass is 10.2. The average Bonchev–Trinajstić information content (AvgIpc) is 2.68. The Labute approximate surface area is 161 Å². The van der Waals surface area contributed by atoms with Crippen LogP contribution in [0, 0.1) is 0 Å². The van der Waals surface area contributed by atoms with Crippen LogP contribution < -0.4 is 5.32 Å². The highest BCUT2D eigenvalue weighted by Gasteiger charge is 2.26. The Bertz CT molecular complexity index is 926. The number of amides is 1. The maximum Gasteiger partial charge on any atom is 0.341 e. The molecule has 0 radical (unpaired) electrons. The molecule has 9 heteroatoms. The van der Waals surface area contributed by atoms with Crippen LogP contribution in [0.25, 0.3) is 0 Å². The summed E-state index contributed by atoms with van der Waals surface area (Å²) in [4.78, 5) is 23.5. The summed E-state index contributed by atoms with van der Waals surface area (Å²) < 4.78 is 52.9. The highest BCUT2D eigenvalue weighted by atomic mass is 32.2. The maximum atomic E-state index is 12.5. The van der Waals surface area contributed by atoms with Gasteiger partial charge in [-0.15, -0.1) is 0 Å². The highest BCUT2D eigenvalue weighted by Crippen LogP contribution is 2.19. The van der Waals surface area contributed by atoms with E-state index >= 15 is 0 Å². The summed E-state index contributed by atoms with van der Waals surface area (Å²) in [5.74, 6) is -4.54. The molecule has 1 N–H and O–H groups in total.